The summed E-state index contributed by atoms with van der Waals surface area (Å²) in [7, 11) is 0. The van der Waals surface area contributed by atoms with Crippen LogP contribution in [0.25, 0.3) is 0 Å². The first-order chi connectivity index (χ1) is 9.31. The van der Waals surface area contributed by atoms with Gasteiger partial charge < -0.3 is 14.2 Å². The molecule has 1 saturated carbocycles. The first-order valence-electron chi connectivity index (χ1n) is 6.84. The highest BCUT2D eigenvalue weighted by atomic mass is 79.9. The molecule has 1 aromatic carbocycles. The van der Waals surface area contributed by atoms with Gasteiger partial charge in [-0.3, -0.25) is 0 Å². The monoisotopic (exact) mass is 326 g/mol. The largest absolute Gasteiger partial charge is 0.454 e. The summed E-state index contributed by atoms with van der Waals surface area (Å²) in [4.78, 5) is 0. The number of hydrogen-bond acceptors (Lipinski definition) is 3. The molecule has 0 spiro atoms. The van der Waals surface area contributed by atoms with Crippen molar-refractivity contribution in [2.24, 2.45) is 5.41 Å². The Labute approximate surface area is 122 Å². The minimum Gasteiger partial charge on any atom is -0.454 e. The van der Waals surface area contributed by atoms with E-state index in [9.17, 15) is 0 Å². The van der Waals surface area contributed by atoms with Crippen molar-refractivity contribution in [2.45, 2.75) is 32.3 Å². The third kappa shape index (κ3) is 2.90. The average molecular weight is 327 g/mol. The standard InChI is InChI=1S/C15H19BrO3/c16-9-15(5-1-2-6-15)10-17-8-12-3-4-13-14(7-12)19-11-18-13/h3-4,7H,1-2,5-6,8-11H2. The van der Waals surface area contributed by atoms with Crippen LogP contribution in [0.5, 0.6) is 11.5 Å². The number of alkyl halides is 1. The first kappa shape index (κ1) is 13.3. The van der Waals surface area contributed by atoms with Gasteiger partial charge in [0.1, 0.15) is 0 Å². The van der Waals surface area contributed by atoms with E-state index in [1.807, 2.05) is 18.2 Å². The van der Waals surface area contributed by atoms with E-state index in [2.05, 4.69) is 15.9 Å². The van der Waals surface area contributed by atoms with Crippen LogP contribution in [0.15, 0.2) is 18.2 Å². The zero-order valence-electron chi connectivity index (χ0n) is 11.0. The third-order valence-electron chi connectivity index (χ3n) is 4.06. The van der Waals surface area contributed by atoms with E-state index in [-0.39, 0.29) is 0 Å². The van der Waals surface area contributed by atoms with Gasteiger partial charge in [0.2, 0.25) is 6.79 Å². The van der Waals surface area contributed by atoms with Gasteiger partial charge in [0, 0.05) is 10.7 Å². The zero-order chi connectivity index (χ0) is 13.1. The van der Waals surface area contributed by atoms with Crippen molar-refractivity contribution in [3.63, 3.8) is 0 Å². The van der Waals surface area contributed by atoms with Gasteiger partial charge in [-0.05, 0) is 30.5 Å². The first-order valence-corrected chi connectivity index (χ1v) is 7.96. The van der Waals surface area contributed by atoms with Crippen molar-refractivity contribution in [2.75, 3.05) is 18.7 Å². The summed E-state index contributed by atoms with van der Waals surface area (Å²) in [5.74, 6) is 1.66. The van der Waals surface area contributed by atoms with Crippen LogP contribution in [-0.4, -0.2) is 18.7 Å². The maximum Gasteiger partial charge on any atom is 0.231 e. The van der Waals surface area contributed by atoms with Gasteiger partial charge in [-0.2, -0.15) is 0 Å². The molecule has 1 heterocycles. The van der Waals surface area contributed by atoms with E-state index in [1.54, 1.807) is 0 Å². The second kappa shape index (κ2) is 5.71. The third-order valence-corrected chi connectivity index (χ3v) is 5.25. The Kier molecular flexibility index (Phi) is 3.99. The predicted molar refractivity (Wildman–Crippen MR) is 76.9 cm³/mol. The molecule has 3 nitrogen and oxygen atoms in total. The van der Waals surface area contributed by atoms with Crippen molar-refractivity contribution in [1.29, 1.82) is 0 Å². The molecule has 0 N–H and O–H groups in total. The summed E-state index contributed by atoms with van der Waals surface area (Å²) in [6, 6.07) is 6.01. The second-order valence-electron chi connectivity index (χ2n) is 5.52. The summed E-state index contributed by atoms with van der Waals surface area (Å²) in [6.07, 6.45) is 5.22. The summed E-state index contributed by atoms with van der Waals surface area (Å²) in [6.45, 7) is 1.81. The minimum atomic E-state index is 0.326. The molecule has 104 valence electrons. The van der Waals surface area contributed by atoms with Crippen LogP contribution in [0.1, 0.15) is 31.2 Å². The van der Waals surface area contributed by atoms with E-state index in [0.717, 1.165) is 29.0 Å². The molecule has 3 rings (SSSR count). The molecule has 4 heteroatoms. The lowest BCUT2D eigenvalue weighted by Gasteiger charge is -2.26. The van der Waals surface area contributed by atoms with Crippen molar-refractivity contribution in [3.8, 4) is 11.5 Å². The number of ether oxygens (including phenoxy) is 3. The van der Waals surface area contributed by atoms with Gasteiger partial charge in [0.25, 0.3) is 0 Å². The minimum absolute atomic E-state index is 0.326. The van der Waals surface area contributed by atoms with Gasteiger partial charge >= 0.3 is 0 Å². The maximum absolute atomic E-state index is 5.93. The Morgan fingerprint density at radius 3 is 2.74 bits per heavy atom. The molecule has 0 atom stereocenters. The Bertz CT molecular complexity index is 441. The fraction of sp³-hybridized carbons (Fsp3) is 0.600. The highest BCUT2D eigenvalue weighted by Crippen LogP contribution is 2.40. The molecule has 2 aliphatic rings. The van der Waals surface area contributed by atoms with Crippen LogP contribution in [0.2, 0.25) is 0 Å². The average Bonchev–Trinajstić information content (AvgIpc) is 3.07. The van der Waals surface area contributed by atoms with Gasteiger partial charge in [-0.25, -0.2) is 0 Å². The van der Waals surface area contributed by atoms with E-state index >= 15 is 0 Å². The molecular formula is C15H19BrO3. The summed E-state index contributed by atoms with van der Waals surface area (Å²) < 4.78 is 16.6. The van der Waals surface area contributed by atoms with E-state index < -0.39 is 0 Å². The van der Waals surface area contributed by atoms with Crippen LogP contribution >= 0.6 is 15.9 Å². The fourth-order valence-electron chi connectivity index (χ4n) is 2.86. The van der Waals surface area contributed by atoms with Crippen LogP contribution in [0.3, 0.4) is 0 Å². The lowest BCUT2D eigenvalue weighted by molar-refractivity contribution is 0.0486. The molecule has 1 fully saturated rings. The van der Waals surface area contributed by atoms with Crippen LogP contribution in [0.4, 0.5) is 0 Å². The smallest absolute Gasteiger partial charge is 0.231 e. The number of fused-ring (bicyclic) bond motifs is 1. The van der Waals surface area contributed by atoms with Gasteiger partial charge in [0.05, 0.1) is 13.2 Å². The number of hydrogen-bond donors (Lipinski definition) is 0. The summed E-state index contributed by atoms with van der Waals surface area (Å²) in [5, 5.41) is 1.04. The quantitative estimate of drug-likeness (QED) is 0.768. The molecule has 0 aromatic heterocycles. The van der Waals surface area contributed by atoms with Crippen molar-refractivity contribution in [1.82, 2.24) is 0 Å². The van der Waals surface area contributed by atoms with E-state index in [4.69, 9.17) is 14.2 Å². The maximum atomic E-state index is 5.93. The van der Waals surface area contributed by atoms with Gasteiger partial charge in [-0.1, -0.05) is 34.8 Å². The molecule has 0 saturated heterocycles. The second-order valence-corrected chi connectivity index (χ2v) is 6.08. The van der Waals surface area contributed by atoms with E-state index in [1.165, 1.54) is 25.7 Å². The fourth-order valence-corrected chi connectivity index (χ4v) is 3.58. The Balaban J connectivity index is 1.55. The Morgan fingerprint density at radius 2 is 1.95 bits per heavy atom. The highest BCUT2D eigenvalue weighted by Gasteiger charge is 2.32. The van der Waals surface area contributed by atoms with Crippen LogP contribution in [0, 0.1) is 5.41 Å². The van der Waals surface area contributed by atoms with Crippen molar-refractivity contribution in [3.05, 3.63) is 23.8 Å². The number of halogens is 1. The van der Waals surface area contributed by atoms with Gasteiger partial charge in [0.15, 0.2) is 11.5 Å². The van der Waals surface area contributed by atoms with Gasteiger partial charge in [-0.15, -0.1) is 0 Å². The molecule has 1 aromatic rings. The summed E-state index contributed by atoms with van der Waals surface area (Å²) in [5.41, 5.74) is 1.50. The molecule has 0 unspecified atom stereocenters. The normalized spacial score (nSPS) is 19.8. The lowest BCUT2D eigenvalue weighted by Crippen LogP contribution is -2.25. The molecule has 0 amide bonds. The van der Waals surface area contributed by atoms with Crippen molar-refractivity contribution < 1.29 is 14.2 Å². The van der Waals surface area contributed by atoms with Crippen LogP contribution in [-0.2, 0) is 11.3 Å². The Morgan fingerprint density at radius 1 is 1.16 bits per heavy atom. The predicted octanol–water partition coefficient (Wildman–Crippen LogP) is 3.89. The van der Waals surface area contributed by atoms with Crippen LogP contribution < -0.4 is 9.47 Å². The van der Waals surface area contributed by atoms with Crippen molar-refractivity contribution >= 4 is 15.9 Å². The number of rotatable bonds is 5. The molecule has 0 bridgehead atoms. The Hall–Kier alpha value is -0.740. The topological polar surface area (TPSA) is 27.7 Å². The molecule has 19 heavy (non-hydrogen) atoms. The lowest BCUT2D eigenvalue weighted by atomic mass is 9.90. The molecule has 0 radical (unpaired) electrons. The molecule has 1 aliphatic heterocycles. The summed E-state index contributed by atoms with van der Waals surface area (Å²) >= 11 is 3.64. The molecular weight excluding hydrogens is 308 g/mol. The van der Waals surface area contributed by atoms with E-state index in [0.29, 0.717) is 18.8 Å². The zero-order valence-corrected chi connectivity index (χ0v) is 12.6. The SMILES string of the molecule is BrCC1(COCc2ccc3c(c2)OCO3)CCCC1. The number of benzene rings is 1. The molecule has 1 aliphatic carbocycles. The highest BCUT2D eigenvalue weighted by molar-refractivity contribution is 9.09.